The number of aliphatic hydroxyl groups excluding tert-OH is 1. The van der Waals surface area contributed by atoms with Crippen molar-refractivity contribution in [2.45, 2.75) is 18.3 Å². The van der Waals surface area contributed by atoms with Gasteiger partial charge in [-0.15, -0.1) is 0 Å². The van der Waals surface area contributed by atoms with Crippen molar-refractivity contribution in [3.05, 3.63) is 65.7 Å². The number of nitrogens with zero attached hydrogens (tertiary/aromatic N) is 2. The van der Waals surface area contributed by atoms with E-state index in [4.69, 9.17) is 0 Å². The molecule has 0 unspecified atom stereocenters. The number of rotatable bonds is 5. The Morgan fingerprint density at radius 3 is 2.55 bits per heavy atom. The molecule has 0 radical (unpaired) electrons. The summed E-state index contributed by atoms with van der Waals surface area (Å²) in [7, 11) is 0. The van der Waals surface area contributed by atoms with E-state index in [0.29, 0.717) is 12.0 Å². The van der Waals surface area contributed by atoms with Crippen molar-refractivity contribution >= 4 is 0 Å². The quantitative estimate of drug-likeness (QED) is 0.850. The lowest BCUT2D eigenvalue weighted by Crippen LogP contribution is -2.12. The van der Waals surface area contributed by atoms with Crippen molar-refractivity contribution in [2.24, 2.45) is 0 Å². The van der Waals surface area contributed by atoms with E-state index in [-0.39, 0.29) is 12.5 Å². The van der Waals surface area contributed by atoms with Gasteiger partial charge in [0.2, 0.25) is 5.95 Å². The first kappa shape index (κ1) is 14.2. The third-order valence-corrected chi connectivity index (χ3v) is 3.32. The summed E-state index contributed by atoms with van der Waals surface area (Å²) in [4.78, 5) is 3.53. The summed E-state index contributed by atoms with van der Waals surface area (Å²) < 4.78 is 13.3. The minimum absolute atomic E-state index is 0.0559. The Morgan fingerprint density at radius 1 is 1.20 bits per heavy atom. The predicted molar refractivity (Wildman–Crippen MR) is 73.4 cm³/mol. The first-order chi connectivity index (χ1) is 9.76. The lowest BCUT2D eigenvalue weighted by molar-refractivity contribution is 0.272. The number of hydrogen-bond donors (Lipinski definition) is 1. The number of pyridine rings is 1. The van der Waals surface area contributed by atoms with Crippen molar-refractivity contribution in [1.29, 1.82) is 5.26 Å². The predicted octanol–water partition coefficient (Wildman–Crippen LogP) is 2.99. The minimum Gasteiger partial charge on any atom is -0.396 e. The molecule has 0 bridgehead atoms. The van der Waals surface area contributed by atoms with Gasteiger partial charge in [0, 0.05) is 18.7 Å². The molecule has 0 saturated carbocycles. The summed E-state index contributed by atoms with van der Waals surface area (Å²) in [5.41, 5.74) is 1.55. The van der Waals surface area contributed by atoms with Crippen LogP contribution in [0.3, 0.4) is 0 Å². The van der Waals surface area contributed by atoms with Crippen LogP contribution in [0.2, 0.25) is 0 Å². The Labute approximate surface area is 117 Å². The van der Waals surface area contributed by atoms with Gasteiger partial charge >= 0.3 is 0 Å². The highest BCUT2D eigenvalue weighted by molar-refractivity contribution is 5.32. The van der Waals surface area contributed by atoms with Crippen LogP contribution in [0.1, 0.15) is 29.4 Å². The van der Waals surface area contributed by atoms with Gasteiger partial charge in [0.1, 0.15) is 0 Å². The molecule has 1 aromatic carbocycles. The lowest BCUT2D eigenvalue weighted by atomic mass is 9.81. The van der Waals surface area contributed by atoms with E-state index in [1.54, 1.807) is 6.07 Å². The Hall–Kier alpha value is -2.25. The summed E-state index contributed by atoms with van der Waals surface area (Å²) in [6, 6.07) is 14.6. The molecule has 4 heteroatoms. The zero-order valence-corrected chi connectivity index (χ0v) is 10.9. The van der Waals surface area contributed by atoms with E-state index in [1.807, 2.05) is 30.3 Å². The van der Waals surface area contributed by atoms with Crippen molar-refractivity contribution in [3.63, 3.8) is 0 Å². The largest absolute Gasteiger partial charge is 0.396 e. The van der Waals surface area contributed by atoms with Crippen LogP contribution in [0.5, 0.6) is 0 Å². The zero-order chi connectivity index (χ0) is 14.4. The van der Waals surface area contributed by atoms with E-state index in [2.05, 4.69) is 11.1 Å². The van der Waals surface area contributed by atoms with E-state index in [9.17, 15) is 14.8 Å². The summed E-state index contributed by atoms with van der Waals surface area (Å²) in [5, 5.41) is 18.7. The normalized spacial score (nSPS) is 13.4. The highest BCUT2D eigenvalue weighted by Gasteiger charge is 2.24. The molecule has 0 aliphatic rings. The Kier molecular flexibility index (Phi) is 4.80. The maximum Gasteiger partial charge on any atom is 0.213 e. The molecule has 2 rings (SSSR count). The average Bonchev–Trinajstić information content (AvgIpc) is 2.48. The molecule has 102 valence electrons. The molecule has 2 atom stereocenters. The second-order valence-corrected chi connectivity index (χ2v) is 4.55. The maximum atomic E-state index is 13.3. The van der Waals surface area contributed by atoms with Gasteiger partial charge in [-0.1, -0.05) is 30.3 Å². The van der Waals surface area contributed by atoms with Crippen molar-refractivity contribution in [3.8, 4) is 6.07 Å². The molecule has 0 amide bonds. The zero-order valence-electron chi connectivity index (χ0n) is 10.9. The Morgan fingerprint density at radius 2 is 1.95 bits per heavy atom. The molecule has 0 saturated heterocycles. The molecule has 0 aliphatic heterocycles. The first-order valence-electron chi connectivity index (χ1n) is 6.43. The van der Waals surface area contributed by atoms with Gasteiger partial charge < -0.3 is 5.11 Å². The Bertz CT molecular complexity index is 595. The van der Waals surface area contributed by atoms with E-state index < -0.39 is 11.9 Å². The summed E-state index contributed by atoms with van der Waals surface area (Å²) in [6.07, 6.45) is 1.78. The van der Waals surface area contributed by atoms with Gasteiger partial charge in [-0.25, -0.2) is 4.98 Å². The second kappa shape index (κ2) is 6.78. The highest BCUT2D eigenvalue weighted by Crippen LogP contribution is 2.35. The van der Waals surface area contributed by atoms with Crippen LogP contribution in [-0.4, -0.2) is 16.7 Å². The van der Waals surface area contributed by atoms with Crippen LogP contribution in [-0.2, 0) is 0 Å². The monoisotopic (exact) mass is 270 g/mol. The molecule has 3 nitrogen and oxygen atoms in total. The minimum atomic E-state index is -0.574. The molecular formula is C16H15FN2O. The van der Waals surface area contributed by atoms with Crippen LogP contribution < -0.4 is 0 Å². The number of aromatic nitrogens is 1. The van der Waals surface area contributed by atoms with Crippen molar-refractivity contribution in [2.75, 3.05) is 6.61 Å². The van der Waals surface area contributed by atoms with Gasteiger partial charge in [0.15, 0.2) is 0 Å². The number of halogens is 1. The maximum absolute atomic E-state index is 13.3. The van der Waals surface area contributed by atoms with E-state index in [0.717, 1.165) is 5.56 Å². The van der Waals surface area contributed by atoms with Crippen molar-refractivity contribution in [1.82, 2.24) is 4.98 Å². The molecule has 1 aromatic heterocycles. The molecule has 0 aliphatic carbocycles. The topological polar surface area (TPSA) is 56.9 Å². The number of hydrogen-bond acceptors (Lipinski definition) is 3. The van der Waals surface area contributed by atoms with Crippen LogP contribution in [0.4, 0.5) is 4.39 Å². The Balaban J connectivity index is 2.39. The van der Waals surface area contributed by atoms with Crippen LogP contribution in [0, 0.1) is 17.3 Å². The van der Waals surface area contributed by atoms with E-state index in [1.165, 1.54) is 12.3 Å². The summed E-state index contributed by atoms with van der Waals surface area (Å²) in [5.74, 6) is -1.26. The number of nitriles is 1. The standard InChI is InChI=1S/C16H15FN2O/c17-16-10-13(6-8-19-16)14(7-9-20)15(11-18)12-4-2-1-3-5-12/h1-6,8,10,14-15,20H,7,9H2/t14-,15+/m1/s1. The van der Waals surface area contributed by atoms with Gasteiger partial charge in [0.25, 0.3) is 0 Å². The van der Waals surface area contributed by atoms with Gasteiger partial charge in [-0.3, -0.25) is 0 Å². The van der Waals surface area contributed by atoms with E-state index >= 15 is 0 Å². The van der Waals surface area contributed by atoms with Crippen LogP contribution >= 0.6 is 0 Å². The van der Waals surface area contributed by atoms with Crippen LogP contribution in [0.15, 0.2) is 48.7 Å². The van der Waals surface area contributed by atoms with Gasteiger partial charge in [-0.05, 0) is 29.7 Å². The summed E-state index contributed by atoms with van der Waals surface area (Å²) >= 11 is 0. The fourth-order valence-electron chi connectivity index (χ4n) is 2.37. The lowest BCUT2D eigenvalue weighted by Gasteiger charge is -2.22. The molecule has 2 aromatic rings. The first-order valence-corrected chi connectivity index (χ1v) is 6.43. The fourth-order valence-corrected chi connectivity index (χ4v) is 2.37. The fraction of sp³-hybridized carbons (Fsp3) is 0.250. The molecular weight excluding hydrogens is 255 g/mol. The third kappa shape index (κ3) is 3.19. The van der Waals surface area contributed by atoms with Gasteiger partial charge in [0.05, 0.1) is 12.0 Å². The average molecular weight is 270 g/mol. The highest BCUT2D eigenvalue weighted by atomic mass is 19.1. The third-order valence-electron chi connectivity index (χ3n) is 3.32. The molecule has 1 N–H and O–H groups in total. The molecule has 0 fully saturated rings. The van der Waals surface area contributed by atoms with Gasteiger partial charge in [-0.2, -0.15) is 9.65 Å². The number of aliphatic hydroxyl groups is 1. The molecule has 20 heavy (non-hydrogen) atoms. The van der Waals surface area contributed by atoms with Crippen LogP contribution in [0.25, 0.3) is 0 Å². The smallest absolute Gasteiger partial charge is 0.213 e. The molecule has 0 spiro atoms. The number of benzene rings is 1. The summed E-state index contributed by atoms with van der Waals surface area (Å²) in [6.45, 7) is -0.0559. The SMILES string of the molecule is N#C[C@@H](c1ccccc1)[C@H](CCO)c1ccnc(F)c1. The molecule has 1 heterocycles. The second-order valence-electron chi connectivity index (χ2n) is 4.55. The van der Waals surface area contributed by atoms with Crippen molar-refractivity contribution < 1.29 is 9.50 Å².